The summed E-state index contributed by atoms with van der Waals surface area (Å²) >= 11 is 0. The molecule has 0 atom stereocenters. The van der Waals surface area contributed by atoms with Crippen molar-refractivity contribution in [3.63, 3.8) is 0 Å². The van der Waals surface area contributed by atoms with Gasteiger partial charge >= 0.3 is 0 Å². The predicted molar refractivity (Wildman–Crippen MR) is 118 cm³/mol. The lowest BCUT2D eigenvalue weighted by Crippen LogP contribution is -2.43. The van der Waals surface area contributed by atoms with Crippen molar-refractivity contribution in [3.8, 4) is 0 Å². The van der Waals surface area contributed by atoms with Gasteiger partial charge < -0.3 is 14.8 Å². The smallest absolute Gasteiger partial charge is 0.243 e. The van der Waals surface area contributed by atoms with Crippen LogP contribution in [0.25, 0.3) is 11.0 Å². The van der Waals surface area contributed by atoms with E-state index in [0.29, 0.717) is 13.0 Å². The molecule has 0 bridgehead atoms. The van der Waals surface area contributed by atoms with Gasteiger partial charge in [-0.3, -0.25) is 9.59 Å². The molecule has 1 aromatic heterocycles. The Morgan fingerprint density at radius 2 is 1.76 bits per heavy atom. The first kappa shape index (κ1) is 22.9. The molecule has 1 N–H and O–H groups in total. The van der Waals surface area contributed by atoms with E-state index in [0.717, 1.165) is 49.1 Å². The molecule has 2 rings (SSSR count). The molecule has 0 fully saturated rings. The van der Waals surface area contributed by atoms with Gasteiger partial charge in [0.15, 0.2) is 0 Å². The predicted octanol–water partition coefficient (Wildman–Crippen LogP) is 3.92. The number of carbonyl (C=O) groups excluding carboxylic acids is 2. The Balaban J connectivity index is 2.07. The van der Waals surface area contributed by atoms with Gasteiger partial charge in [0.1, 0.15) is 12.4 Å². The molecule has 1 aromatic carbocycles. The zero-order valence-electron chi connectivity index (χ0n) is 18.6. The fraction of sp³-hybridized carbons (Fsp3) is 0.609. The molecule has 6 nitrogen and oxygen atoms in total. The zero-order valence-corrected chi connectivity index (χ0v) is 18.6. The summed E-state index contributed by atoms with van der Waals surface area (Å²) in [6.07, 6.45) is 4.32. The Hall–Kier alpha value is -2.37. The summed E-state index contributed by atoms with van der Waals surface area (Å²) in [6.45, 7) is 11.1. The van der Waals surface area contributed by atoms with Crippen LogP contribution in [0.3, 0.4) is 0 Å². The van der Waals surface area contributed by atoms with Crippen LogP contribution >= 0.6 is 0 Å². The number of hydrogen-bond donors (Lipinski definition) is 1. The first-order valence-corrected chi connectivity index (χ1v) is 10.9. The van der Waals surface area contributed by atoms with E-state index in [2.05, 4.69) is 37.6 Å². The molecule has 0 saturated heterocycles. The molecule has 0 unspecified atom stereocenters. The Morgan fingerprint density at radius 3 is 2.41 bits per heavy atom. The topological polar surface area (TPSA) is 67.2 Å². The second-order valence-corrected chi connectivity index (χ2v) is 8.11. The highest BCUT2D eigenvalue weighted by Gasteiger charge is 2.22. The van der Waals surface area contributed by atoms with Crippen molar-refractivity contribution < 1.29 is 9.59 Å². The molecule has 160 valence electrons. The van der Waals surface area contributed by atoms with Crippen molar-refractivity contribution >= 4 is 22.8 Å². The molecule has 0 saturated carbocycles. The van der Waals surface area contributed by atoms with Crippen LogP contribution in [0.1, 0.15) is 66.1 Å². The third-order valence-electron chi connectivity index (χ3n) is 5.15. The molecule has 2 amide bonds. The summed E-state index contributed by atoms with van der Waals surface area (Å²) in [7, 11) is 0. The maximum absolute atomic E-state index is 13.0. The van der Waals surface area contributed by atoms with Crippen LogP contribution in [0.15, 0.2) is 24.3 Å². The molecular formula is C23H36N4O2. The number of carbonyl (C=O) groups is 2. The van der Waals surface area contributed by atoms with Crippen LogP contribution in [0.5, 0.6) is 0 Å². The average Bonchev–Trinajstić information content (AvgIpc) is 3.01. The Bertz CT molecular complexity index is 802. The number of aryl methyl sites for hydroxylation is 1. The molecular weight excluding hydrogens is 364 g/mol. The summed E-state index contributed by atoms with van der Waals surface area (Å²) in [6, 6.07) is 8.35. The highest BCUT2D eigenvalue weighted by atomic mass is 16.2. The number of imidazole rings is 1. The van der Waals surface area contributed by atoms with Crippen LogP contribution in [0.4, 0.5) is 0 Å². The Kier molecular flexibility index (Phi) is 8.68. The fourth-order valence-electron chi connectivity index (χ4n) is 3.82. The molecule has 0 spiro atoms. The van der Waals surface area contributed by atoms with Gasteiger partial charge in [0.25, 0.3) is 0 Å². The van der Waals surface area contributed by atoms with E-state index in [1.807, 2.05) is 36.1 Å². The van der Waals surface area contributed by atoms with Crippen molar-refractivity contribution in [1.29, 1.82) is 0 Å². The number of aromatic nitrogens is 2. The second kappa shape index (κ2) is 11.0. The van der Waals surface area contributed by atoms with Gasteiger partial charge in [-0.2, -0.15) is 0 Å². The fourth-order valence-corrected chi connectivity index (χ4v) is 3.82. The van der Waals surface area contributed by atoms with Gasteiger partial charge in [0.05, 0.1) is 11.0 Å². The normalized spacial score (nSPS) is 11.4. The molecule has 2 aromatic rings. The summed E-state index contributed by atoms with van der Waals surface area (Å²) in [5.41, 5.74) is 1.95. The number of benzene rings is 1. The van der Waals surface area contributed by atoms with Crippen LogP contribution < -0.4 is 5.32 Å². The summed E-state index contributed by atoms with van der Waals surface area (Å²) in [4.78, 5) is 31.1. The monoisotopic (exact) mass is 400 g/mol. The number of hydrogen-bond acceptors (Lipinski definition) is 3. The molecule has 6 heteroatoms. The van der Waals surface area contributed by atoms with Crippen LogP contribution in [0.2, 0.25) is 0 Å². The third kappa shape index (κ3) is 6.31. The number of nitrogens with zero attached hydrogens (tertiary/aromatic N) is 3. The van der Waals surface area contributed by atoms with Gasteiger partial charge in [0, 0.05) is 31.5 Å². The molecule has 1 heterocycles. The lowest BCUT2D eigenvalue weighted by Gasteiger charge is -2.31. The second-order valence-electron chi connectivity index (χ2n) is 8.11. The molecule has 29 heavy (non-hydrogen) atoms. The Morgan fingerprint density at radius 1 is 1.07 bits per heavy atom. The first-order valence-electron chi connectivity index (χ1n) is 10.9. The average molecular weight is 401 g/mol. The largest absolute Gasteiger partial charge is 0.356 e. The molecule has 0 aliphatic rings. The highest BCUT2D eigenvalue weighted by Crippen LogP contribution is 2.19. The number of rotatable bonds is 11. The van der Waals surface area contributed by atoms with E-state index in [-0.39, 0.29) is 23.9 Å². The van der Waals surface area contributed by atoms with E-state index >= 15 is 0 Å². The van der Waals surface area contributed by atoms with E-state index in [9.17, 15) is 9.59 Å². The highest BCUT2D eigenvalue weighted by molar-refractivity contribution is 5.81. The minimum absolute atomic E-state index is 0.102. The van der Waals surface area contributed by atoms with E-state index in [4.69, 9.17) is 4.98 Å². The van der Waals surface area contributed by atoms with Gasteiger partial charge in [-0.05, 0) is 52.7 Å². The van der Waals surface area contributed by atoms with Gasteiger partial charge in [-0.15, -0.1) is 0 Å². The lowest BCUT2D eigenvalue weighted by atomic mass is 10.2. The van der Waals surface area contributed by atoms with Gasteiger partial charge in [-0.25, -0.2) is 4.98 Å². The SMILES string of the molecule is CCC(=O)NCCCCCc1nc2ccccc2n1CC(=O)N(C(C)C)C(C)C. The van der Waals surface area contributed by atoms with Crippen LogP contribution in [-0.4, -0.2) is 44.9 Å². The number of para-hydroxylation sites is 2. The standard InChI is InChI=1S/C23H36N4O2/c1-6-22(28)24-15-11-7-8-14-21-25-19-12-9-10-13-20(19)26(21)16-23(29)27(17(2)3)18(4)5/h9-10,12-13,17-18H,6-8,11,14-16H2,1-5H3,(H,24,28). The van der Waals surface area contributed by atoms with E-state index in [1.165, 1.54) is 0 Å². The van der Waals surface area contributed by atoms with Crippen molar-refractivity contribution in [2.45, 2.75) is 85.4 Å². The van der Waals surface area contributed by atoms with Crippen molar-refractivity contribution in [3.05, 3.63) is 30.1 Å². The first-order chi connectivity index (χ1) is 13.8. The third-order valence-corrected chi connectivity index (χ3v) is 5.15. The minimum Gasteiger partial charge on any atom is -0.356 e. The molecule has 0 radical (unpaired) electrons. The summed E-state index contributed by atoms with van der Waals surface area (Å²) in [5.74, 6) is 1.19. The number of nitrogens with one attached hydrogen (secondary N) is 1. The van der Waals surface area contributed by atoms with Gasteiger partial charge in [0.2, 0.25) is 11.8 Å². The quantitative estimate of drug-likeness (QED) is 0.581. The maximum Gasteiger partial charge on any atom is 0.243 e. The van der Waals surface area contributed by atoms with Crippen molar-refractivity contribution in [1.82, 2.24) is 19.8 Å². The van der Waals surface area contributed by atoms with E-state index < -0.39 is 0 Å². The maximum atomic E-state index is 13.0. The van der Waals surface area contributed by atoms with Crippen LogP contribution in [0, 0.1) is 0 Å². The van der Waals surface area contributed by atoms with Crippen molar-refractivity contribution in [2.75, 3.05) is 6.54 Å². The van der Waals surface area contributed by atoms with Crippen molar-refractivity contribution in [2.24, 2.45) is 0 Å². The lowest BCUT2D eigenvalue weighted by molar-refractivity contribution is -0.135. The van der Waals surface area contributed by atoms with E-state index in [1.54, 1.807) is 0 Å². The molecule has 0 aliphatic carbocycles. The molecule has 0 aliphatic heterocycles. The minimum atomic E-state index is 0.102. The number of fused-ring (bicyclic) bond motifs is 1. The van der Waals surface area contributed by atoms with Gasteiger partial charge in [-0.1, -0.05) is 25.5 Å². The summed E-state index contributed by atoms with van der Waals surface area (Å²) in [5, 5.41) is 2.91. The summed E-state index contributed by atoms with van der Waals surface area (Å²) < 4.78 is 2.08. The number of amides is 2. The van der Waals surface area contributed by atoms with Crippen LogP contribution in [-0.2, 0) is 22.6 Å². The zero-order chi connectivity index (χ0) is 21.4. The Labute approximate surface area is 174 Å². The number of unbranched alkanes of at least 4 members (excludes halogenated alkanes) is 2.